The summed E-state index contributed by atoms with van der Waals surface area (Å²) in [6, 6.07) is 17.0. The molecule has 31 heavy (non-hydrogen) atoms. The Morgan fingerprint density at radius 3 is 2.29 bits per heavy atom. The highest BCUT2D eigenvalue weighted by atomic mass is 16.5. The molecule has 2 heterocycles. The third-order valence-corrected chi connectivity index (χ3v) is 5.88. The molecule has 0 bridgehead atoms. The first kappa shape index (κ1) is 21.1. The van der Waals surface area contributed by atoms with Gasteiger partial charge >= 0.3 is 0 Å². The number of piperidine rings is 1. The molecule has 0 aromatic heterocycles. The van der Waals surface area contributed by atoms with E-state index in [0.29, 0.717) is 30.8 Å². The van der Waals surface area contributed by atoms with Crippen LogP contribution in [0.15, 0.2) is 60.4 Å². The van der Waals surface area contributed by atoms with Crippen LogP contribution in [0.2, 0.25) is 0 Å². The summed E-state index contributed by atoms with van der Waals surface area (Å²) >= 11 is 0. The van der Waals surface area contributed by atoms with Gasteiger partial charge in [0.25, 0.3) is 11.8 Å². The first-order valence-electron chi connectivity index (χ1n) is 10.9. The van der Waals surface area contributed by atoms with Crippen LogP contribution in [0, 0.1) is 0 Å². The van der Waals surface area contributed by atoms with Crippen molar-refractivity contribution < 1.29 is 19.4 Å². The maximum absolute atomic E-state index is 13.1. The van der Waals surface area contributed by atoms with Gasteiger partial charge in [0.2, 0.25) is 0 Å². The summed E-state index contributed by atoms with van der Waals surface area (Å²) in [5.74, 6) is -0.761. The summed E-state index contributed by atoms with van der Waals surface area (Å²) in [4.78, 5) is 29.4. The Bertz CT molecular complexity index is 961. The predicted octanol–water partition coefficient (Wildman–Crippen LogP) is 3.78. The number of benzene rings is 2. The lowest BCUT2D eigenvalue weighted by molar-refractivity contribution is -0.141. The Morgan fingerprint density at radius 2 is 1.65 bits per heavy atom. The molecule has 1 fully saturated rings. The predicted molar refractivity (Wildman–Crippen MR) is 118 cm³/mol. The van der Waals surface area contributed by atoms with Gasteiger partial charge in [-0.15, -0.1) is 0 Å². The Hall–Kier alpha value is -3.12. The lowest BCUT2D eigenvalue weighted by Crippen LogP contribution is -2.47. The fraction of sp³-hybridized carbons (Fsp3) is 0.360. The minimum Gasteiger partial charge on any atom is -0.502 e. The summed E-state index contributed by atoms with van der Waals surface area (Å²) in [5, 5.41) is 10.5. The lowest BCUT2D eigenvalue weighted by Gasteiger charge is -2.35. The van der Waals surface area contributed by atoms with Gasteiger partial charge in [-0.2, -0.15) is 0 Å². The van der Waals surface area contributed by atoms with Crippen LogP contribution < -0.4 is 4.74 Å². The van der Waals surface area contributed by atoms with Gasteiger partial charge in [-0.05, 0) is 42.5 Å². The summed E-state index contributed by atoms with van der Waals surface area (Å²) in [5.41, 5.74) is 1.87. The molecule has 0 spiro atoms. The number of carbonyl (C=O) groups is 2. The molecule has 0 radical (unpaired) electrons. The highest BCUT2D eigenvalue weighted by Crippen LogP contribution is 2.33. The number of amides is 2. The normalized spacial score (nSPS) is 18.2. The van der Waals surface area contributed by atoms with Gasteiger partial charge in [0, 0.05) is 25.7 Å². The van der Waals surface area contributed by atoms with E-state index in [1.54, 1.807) is 24.3 Å². The molecule has 4 rings (SSSR count). The molecule has 6 heteroatoms. The second-order valence-electron chi connectivity index (χ2n) is 8.07. The van der Waals surface area contributed by atoms with Crippen molar-refractivity contribution in [3.63, 3.8) is 0 Å². The number of nitrogens with zero attached hydrogens (tertiary/aromatic N) is 2. The second-order valence-corrected chi connectivity index (χ2v) is 8.07. The highest BCUT2D eigenvalue weighted by molar-refractivity contribution is 6.35. The molecular weight excluding hydrogens is 392 g/mol. The van der Waals surface area contributed by atoms with Gasteiger partial charge in [0.15, 0.2) is 5.76 Å². The van der Waals surface area contributed by atoms with Crippen molar-refractivity contribution in [2.24, 2.45) is 0 Å². The highest BCUT2D eigenvalue weighted by Gasteiger charge is 2.43. The Balaban J connectivity index is 1.41. The maximum Gasteiger partial charge on any atom is 0.296 e. The van der Waals surface area contributed by atoms with Crippen LogP contribution >= 0.6 is 0 Å². The van der Waals surface area contributed by atoms with E-state index < -0.39 is 17.6 Å². The van der Waals surface area contributed by atoms with Crippen molar-refractivity contribution in [3.8, 4) is 5.75 Å². The molecule has 0 atom stereocenters. The molecule has 0 unspecified atom stereocenters. The molecule has 0 aliphatic carbocycles. The number of hydrogen-bond acceptors (Lipinski definition) is 5. The van der Waals surface area contributed by atoms with Crippen LogP contribution in [0.25, 0.3) is 5.57 Å². The number of aliphatic hydroxyl groups is 1. The second kappa shape index (κ2) is 9.35. The van der Waals surface area contributed by atoms with Gasteiger partial charge < -0.3 is 9.84 Å². The van der Waals surface area contributed by atoms with E-state index in [2.05, 4.69) is 17.0 Å². The third kappa shape index (κ3) is 4.49. The zero-order chi connectivity index (χ0) is 21.8. The van der Waals surface area contributed by atoms with E-state index >= 15 is 0 Å². The SMILES string of the molecule is CCCOc1ccc(C2=C(O)C(=O)N(C3CCN(Cc4ccccc4)CC3)C2=O)cc1. The van der Waals surface area contributed by atoms with Crippen LogP contribution in [0.1, 0.15) is 37.3 Å². The molecule has 2 aliphatic heterocycles. The van der Waals surface area contributed by atoms with E-state index in [0.717, 1.165) is 26.1 Å². The number of aliphatic hydroxyl groups excluding tert-OH is 1. The van der Waals surface area contributed by atoms with Crippen molar-refractivity contribution in [1.29, 1.82) is 0 Å². The van der Waals surface area contributed by atoms with E-state index in [1.165, 1.54) is 10.5 Å². The minimum atomic E-state index is -0.590. The zero-order valence-corrected chi connectivity index (χ0v) is 17.8. The first-order valence-corrected chi connectivity index (χ1v) is 10.9. The van der Waals surface area contributed by atoms with Crippen molar-refractivity contribution >= 4 is 17.4 Å². The lowest BCUT2D eigenvalue weighted by atomic mass is 10.0. The summed E-state index contributed by atoms with van der Waals surface area (Å²) in [6.45, 7) is 5.10. The molecule has 2 aromatic carbocycles. The van der Waals surface area contributed by atoms with Gasteiger partial charge in [-0.1, -0.05) is 49.4 Å². The molecule has 0 saturated carbocycles. The molecule has 2 amide bonds. The Kier molecular flexibility index (Phi) is 6.37. The van der Waals surface area contributed by atoms with Crippen molar-refractivity contribution in [2.45, 2.75) is 38.8 Å². The third-order valence-electron chi connectivity index (χ3n) is 5.88. The van der Waals surface area contributed by atoms with E-state index in [1.807, 2.05) is 25.1 Å². The topological polar surface area (TPSA) is 70.1 Å². The fourth-order valence-electron chi connectivity index (χ4n) is 4.24. The van der Waals surface area contributed by atoms with Crippen LogP contribution in [0.5, 0.6) is 5.75 Å². The average molecular weight is 421 g/mol. The van der Waals surface area contributed by atoms with Crippen molar-refractivity contribution in [3.05, 3.63) is 71.5 Å². The van der Waals surface area contributed by atoms with E-state index in [4.69, 9.17) is 4.74 Å². The van der Waals surface area contributed by atoms with E-state index in [-0.39, 0.29) is 11.6 Å². The summed E-state index contributed by atoms with van der Waals surface area (Å²) in [7, 11) is 0. The van der Waals surface area contributed by atoms with Gasteiger partial charge in [0.05, 0.1) is 12.2 Å². The Morgan fingerprint density at radius 1 is 0.968 bits per heavy atom. The molecule has 2 aromatic rings. The zero-order valence-electron chi connectivity index (χ0n) is 17.8. The number of likely N-dealkylation sites (tertiary alicyclic amines) is 1. The number of carbonyl (C=O) groups excluding carboxylic acids is 2. The Labute approximate surface area is 182 Å². The van der Waals surface area contributed by atoms with Gasteiger partial charge in [0.1, 0.15) is 5.75 Å². The maximum atomic E-state index is 13.1. The smallest absolute Gasteiger partial charge is 0.296 e. The van der Waals surface area contributed by atoms with Crippen LogP contribution in [0.3, 0.4) is 0 Å². The first-order chi connectivity index (χ1) is 15.1. The number of ether oxygens (including phenoxy) is 1. The van der Waals surface area contributed by atoms with Crippen molar-refractivity contribution in [1.82, 2.24) is 9.80 Å². The molecule has 162 valence electrons. The van der Waals surface area contributed by atoms with Crippen LogP contribution in [0.4, 0.5) is 0 Å². The van der Waals surface area contributed by atoms with Gasteiger partial charge in [-0.3, -0.25) is 19.4 Å². The molecule has 2 aliphatic rings. The minimum absolute atomic E-state index is 0.0822. The molecule has 6 nitrogen and oxygen atoms in total. The standard InChI is InChI=1S/C25H28N2O4/c1-2-16-31-21-10-8-19(9-11-21)22-23(28)25(30)27(24(22)29)20-12-14-26(15-13-20)17-18-6-4-3-5-7-18/h3-11,20,28H,2,12-17H2,1H3. The number of rotatable bonds is 7. The largest absolute Gasteiger partial charge is 0.502 e. The number of hydrogen-bond donors (Lipinski definition) is 1. The average Bonchev–Trinajstić information content (AvgIpc) is 3.02. The number of imide groups is 1. The summed E-state index contributed by atoms with van der Waals surface area (Å²) < 4.78 is 5.57. The van der Waals surface area contributed by atoms with E-state index in [9.17, 15) is 14.7 Å². The van der Waals surface area contributed by atoms with Crippen LogP contribution in [-0.4, -0.2) is 52.5 Å². The molecule has 1 saturated heterocycles. The summed E-state index contributed by atoms with van der Waals surface area (Å²) in [6.07, 6.45) is 2.31. The monoisotopic (exact) mass is 420 g/mol. The fourth-order valence-corrected chi connectivity index (χ4v) is 4.24. The van der Waals surface area contributed by atoms with Crippen LogP contribution in [-0.2, 0) is 16.1 Å². The van der Waals surface area contributed by atoms with Crippen molar-refractivity contribution in [2.75, 3.05) is 19.7 Å². The van der Waals surface area contributed by atoms with Gasteiger partial charge in [-0.25, -0.2) is 0 Å². The quantitative estimate of drug-likeness (QED) is 0.691. The molecule has 1 N–H and O–H groups in total. The molecular formula is C25H28N2O4.